The minimum absolute atomic E-state index is 0.192. The molecule has 2 rings (SSSR count). The Morgan fingerprint density at radius 3 is 2.63 bits per heavy atom. The number of carbonyl (C=O) groups is 1. The van der Waals surface area contributed by atoms with Crippen molar-refractivity contribution in [1.82, 2.24) is 9.55 Å². The van der Waals surface area contributed by atoms with Crippen LogP contribution in [0.3, 0.4) is 0 Å². The highest BCUT2D eigenvalue weighted by atomic mass is 16.5. The summed E-state index contributed by atoms with van der Waals surface area (Å²) in [6, 6.07) is 3.84. The van der Waals surface area contributed by atoms with Gasteiger partial charge in [0.25, 0.3) is 0 Å². The van der Waals surface area contributed by atoms with E-state index in [1.54, 1.807) is 6.33 Å². The van der Waals surface area contributed by atoms with Crippen molar-refractivity contribution >= 4 is 17.0 Å². The largest absolute Gasteiger partial charge is 0.464 e. The monoisotopic (exact) mass is 260 g/mol. The van der Waals surface area contributed by atoms with Crippen molar-refractivity contribution < 1.29 is 9.53 Å². The molecular weight excluding hydrogens is 240 g/mol. The lowest BCUT2D eigenvalue weighted by atomic mass is 10.1. The second-order valence-corrected chi connectivity index (χ2v) is 4.75. The van der Waals surface area contributed by atoms with Crippen molar-refractivity contribution in [3.63, 3.8) is 0 Å². The van der Waals surface area contributed by atoms with E-state index in [4.69, 9.17) is 4.74 Å². The number of hydrogen-bond acceptors (Lipinski definition) is 3. The number of rotatable bonds is 4. The fraction of sp³-hybridized carbons (Fsp3) is 0.467. The van der Waals surface area contributed by atoms with Gasteiger partial charge >= 0.3 is 5.97 Å². The van der Waals surface area contributed by atoms with Crippen LogP contribution in [0.4, 0.5) is 0 Å². The topological polar surface area (TPSA) is 44.1 Å². The molecule has 1 unspecified atom stereocenters. The first-order valence-corrected chi connectivity index (χ1v) is 6.68. The zero-order chi connectivity index (χ0) is 14.0. The molecule has 4 heteroatoms. The van der Waals surface area contributed by atoms with Crippen LogP contribution in [0.2, 0.25) is 0 Å². The number of esters is 1. The third-order valence-corrected chi connectivity index (χ3v) is 3.47. The molecule has 2 aromatic rings. The molecule has 0 aliphatic rings. The summed E-state index contributed by atoms with van der Waals surface area (Å²) in [5.74, 6) is -0.192. The van der Waals surface area contributed by atoms with Crippen LogP contribution in [0.15, 0.2) is 18.5 Å². The van der Waals surface area contributed by atoms with Gasteiger partial charge in [-0.15, -0.1) is 0 Å². The van der Waals surface area contributed by atoms with E-state index in [2.05, 4.69) is 31.0 Å². The van der Waals surface area contributed by atoms with E-state index in [-0.39, 0.29) is 12.0 Å². The van der Waals surface area contributed by atoms with Crippen molar-refractivity contribution in [2.24, 2.45) is 0 Å². The molecule has 0 saturated carbocycles. The van der Waals surface area contributed by atoms with E-state index in [0.717, 1.165) is 11.0 Å². The van der Waals surface area contributed by atoms with Crippen LogP contribution in [0.25, 0.3) is 11.0 Å². The minimum Gasteiger partial charge on any atom is -0.464 e. The van der Waals surface area contributed by atoms with Gasteiger partial charge < -0.3 is 9.30 Å². The van der Waals surface area contributed by atoms with Gasteiger partial charge in [-0.2, -0.15) is 0 Å². The number of carbonyl (C=O) groups excluding carboxylic acids is 1. The maximum Gasteiger partial charge on any atom is 0.329 e. The zero-order valence-electron chi connectivity index (χ0n) is 11.9. The number of fused-ring (bicyclic) bond motifs is 1. The summed E-state index contributed by atoms with van der Waals surface area (Å²) in [5.41, 5.74) is 4.32. The van der Waals surface area contributed by atoms with Crippen molar-refractivity contribution in [3.05, 3.63) is 29.6 Å². The van der Waals surface area contributed by atoms with E-state index in [0.29, 0.717) is 13.0 Å². The minimum atomic E-state index is -0.299. The van der Waals surface area contributed by atoms with Gasteiger partial charge in [0.2, 0.25) is 0 Å². The van der Waals surface area contributed by atoms with Crippen LogP contribution in [0, 0.1) is 13.8 Å². The van der Waals surface area contributed by atoms with Crippen molar-refractivity contribution in [3.8, 4) is 0 Å². The average molecular weight is 260 g/mol. The van der Waals surface area contributed by atoms with Crippen LogP contribution in [0.5, 0.6) is 0 Å². The van der Waals surface area contributed by atoms with E-state index in [9.17, 15) is 4.79 Å². The van der Waals surface area contributed by atoms with E-state index in [1.807, 2.05) is 18.4 Å². The Morgan fingerprint density at radius 1 is 1.32 bits per heavy atom. The number of nitrogens with zero attached hydrogens (tertiary/aromatic N) is 2. The second kappa shape index (κ2) is 5.43. The Kier molecular flexibility index (Phi) is 3.88. The lowest BCUT2D eigenvalue weighted by Gasteiger charge is -2.16. The molecule has 0 bridgehead atoms. The van der Waals surface area contributed by atoms with Gasteiger partial charge in [0.1, 0.15) is 6.04 Å². The number of ether oxygens (including phenoxy) is 1. The quantitative estimate of drug-likeness (QED) is 0.793. The first-order chi connectivity index (χ1) is 9.08. The highest BCUT2D eigenvalue weighted by Crippen LogP contribution is 2.24. The molecule has 0 aliphatic carbocycles. The molecule has 1 atom stereocenters. The van der Waals surface area contributed by atoms with Crippen LogP contribution >= 0.6 is 0 Å². The SMILES string of the molecule is CCOC(=O)C(CC)n1cnc2cc(C)c(C)cc21. The highest BCUT2D eigenvalue weighted by molar-refractivity contribution is 5.81. The summed E-state index contributed by atoms with van der Waals surface area (Å²) in [7, 11) is 0. The molecule has 1 aromatic heterocycles. The van der Waals surface area contributed by atoms with E-state index < -0.39 is 0 Å². The van der Waals surface area contributed by atoms with E-state index in [1.165, 1.54) is 11.1 Å². The summed E-state index contributed by atoms with van der Waals surface area (Å²) in [6.45, 7) is 8.34. The van der Waals surface area contributed by atoms with Gasteiger partial charge in [-0.1, -0.05) is 6.92 Å². The third-order valence-electron chi connectivity index (χ3n) is 3.47. The number of hydrogen-bond donors (Lipinski definition) is 0. The molecule has 0 N–H and O–H groups in total. The molecule has 0 amide bonds. The molecule has 1 heterocycles. The molecule has 1 aromatic carbocycles. The number of benzene rings is 1. The molecule has 0 saturated heterocycles. The maximum atomic E-state index is 12.0. The lowest BCUT2D eigenvalue weighted by molar-refractivity contribution is -0.147. The van der Waals surface area contributed by atoms with Crippen LogP contribution < -0.4 is 0 Å². The highest BCUT2D eigenvalue weighted by Gasteiger charge is 2.21. The molecule has 4 nitrogen and oxygen atoms in total. The number of imidazole rings is 1. The van der Waals surface area contributed by atoms with Crippen molar-refractivity contribution in [2.45, 2.75) is 40.2 Å². The first kappa shape index (κ1) is 13.6. The molecule has 19 heavy (non-hydrogen) atoms. The molecule has 102 valence electrons. The normalized spacial score (nSPS) is 12.6. The summed E-state index contributed by atoms with van der Waals surface area (Å²) in [6.07, 6.45) is 2.42. The molecule has 0 radical (unpaired) electrons. The van der Waals surface area contributed by atoms with Gasteiger partial charge in [0.15, 0.2) is 0 Å². The summed E-state index contributed by atoms with van der Waals surface area (Å²) >= 11 is 0. The Morgan fingerprint density at radius 2 is 2.00 bits per heavy atom. The Labute approximate surface area is 113 Å². The maximum absolute atomic E-state index is 12.0. The van der Waals surface area contributed by atoms with Crippen molar-refractivity contribution in [1.29, 1.82) is 0 Å². The molecule has 0 fully saturated rings. The smallest absolute Gasteiger partial charge is 0.329 e. The molecule has 0 aliphatic heterocycles. The summed E-state index contributed by atoms with van der Waals surface area (Å²) < 4.78 is 7.05. The Hall–Kier alpha value is -1.84. The van der Waals surface area contributed by atoms with Gasteiger partial charge in [0.05, 0.1) is 24.0 Å². The predicted molar refractivity (Wildman–Crippen MR) is 75.2 cm³/mol. The predicted octanol–water partition coefficient (Wildman–Crippen LogP) is 3.17. The fourth-order valence-electron chi connectivity index (χ4n) is 2.25. The fourth-order valence-corrected chi connectivity index (χ4v) is 2.25. The lowest BCUT2D eigenvalue weighted by Crippen LogP contribution is -2.20. The van der Waals surface area contributed by atoms with Crippen LogP contribution in [-0.2, 0) is 9.53 Å². The first-order valence-electron chi connectivity index (χ1n) is 6.68. The zero-order valence-corrected chi connectivity index (χ0v) is 11.9. The summed E-state index contributed by atoms with van der Waals surface area (Å²) in [4.78, 5) is 16.4. The second-order valence-electron chi connectivity index (χ2n) is 4.75. The van der Waals surface area contributed by atoms with Gasteiger partial charge in [0, 0.05) is 0 Å². The van der Waals surface area contributed by atoms with Crippen molar-refractivity contribution in [2.75, 3.05) is 6.61 Å². The Bertz CT molecular complexity index is 601. The average Bonchev–Trinajstić information content (AvgIpc) is 2.75. The van der Waals surface area contributed by atoms with Crippen LogP contribution in [0.1, 0.15) is 37.4 Å². The number of aryl methyl sites for hydroxylation is 2. The van der Waals surface area contributed by atoms with E-state index >= 15 is 0 Å². The van der Waals surface area contributed by atoms with Gasteiger partial charge in [-0.25, -0.2) is 9.78 Å². The standard InChI is InChI=1S/C15H20N2O2/c1-5-13(15(18)19-6-2)17-9-16-12-7-10(3)11(4)8-14(12)17/h7-9,13H,5-6H2,1-4H3. The molecular formula is C15H20N2O2. The molecule has 0 spiro atoms. The van der Waals surface area contributed by atoms with Gasteiger partial charge in [-0.05, 0) is 50.5 Å². The third kappa shape index (κ3) is 2.48. The Balaban J connectivity index is 2.49. The summed E-state index contributed by atoms with van der Waals surface area (Å²) in [5, 5.41) is 0. The number of aromatic nitrogens is 2. The van der Waals surface area contributed by atoms with Crippen LogP contribution in [-0.4, -0.2) is 22.1 Å². The van der Waals surface area contributed by atoms with Gasteiger partial charge in [-0.3, -0.25) is 0 Å².